The topological polar surface area (TPSA) is 83.5 Å². The highest BCUT2D eigenvalue weighted by molar-refractivity contribution is 9.11. The fraction of sp³-hybridized carbons (Fsp3) is 0.583. The van der Waals surface area contributed by atoms with Gasteiger partial charge in [0, 0.05) is 13.0 Å². The number of aliphatic carboxylic acids is 1. The molecular formula is C12H18BrNO4S2. The first-order chi connectivity index (χ1) is 9.20. The van der Waals surface area contributed by atoms with Crippen LogP contribution in [0.25, 0.3) is 0 Å². The number of nitrogens with one attached hydrogen (secondary N) is 1. The van der Waals surface area contributed by atoms with Crippen LogP contribution in [-0.4, -0.2) is 26.0 Å². The summed E-state index contributed by atoms with van der Waals surface area (Å²) in [5.41, 5.74) is 0. The number of rotatable bonds is 8. The van der Waals surface area contributed by atoms with E-state index in [9.17, 15) is 13.2 Å². The van der Waals surface area contributed by atoms with Gasteiger partial charge >= 0.3 is 5.97 Å². The molecule has 0 aromatic carbocycles. The van der Waals surface area contributed by atoms with Crippen LogP contribution in [0.15, 0.2) is 20.1 Å². The molecule has 0 saturated carbocycles. The van der Waals surface area contributed by atoms with Crippen molar-refractivity contribution in [3.05, 3.63) is 15.9 Å². The summed E-state index contributed by atoms with van der Waals surface area (Å²) in [7, 11) is -3.56. The number of carboxylic acid groups (broad SMARTS) is 1. The van der Waals surface area contributed by atoms with Crippen LogP contribution in [0.5, 0.6) is 0 Å². The molecule has 0 bridgehead atoms. The number of carboxylic acids is 1. The molecule has 1 aromatic rings. The average molecular weight is 384 g/mol. The first kappa shape index (κ1) is 17.6. The van der Waals surface area contributed by atoms with Gasteiger partial charge in [0.25, 0.3) is 0 Å². The van der Waals surface area contributed by atoms with Crippen LogP contribution in [0, 0.1) is 11.8 Å². The summed E-state index contributed by atoms with van der Waals surface area (Å²) in [6.07, 6.45) is 0.637. The van der Waals surface area contributed by atoms with Crippen molar-refractivity contribution in [3.63, 3.8) is 0 Å². The number of carbonyl (C=O) groups is 1. The second-order valence-electron chi connectivity index (χ2n) is 5.00. The van der Waals surface area contributed by atoms with Gasteiger partial charge in [-0.25, -0.2) is 13.1 Å². The van der Waals surface area contributed by atoms with Gasteiger partial charge in [-0.3, -0.25) is 4.79 Å². The van der Waals surface area contributed by atoms with Crippen LogP contribution in [0.3, 0.4) is 0 Å². The molecule has 0 amide bonds. The molecule has 0 aliphatic rings. The Morgan fingerprint density at radius 3 is 2.55 bits per heavy atom. The van der Waals surface area contributed by atoms with E-state index in [2.05, 4.69) is 20.7 Å². The Labute approximate surface area is 131 Å². The number of sulfonamides is 1. The summed E-state index contributed by atoms with van der Waals surface area (Å²) < 4.78 is 27.6. The quantitative estimate of drug-likeness (QED) is 0.722. The van der Waals surface area contributed by atoms with Crippen molar-refractivity contribution in [1.29, 1.82) is 0 Å². The minimum absolute atomic E-state index is 0.0329. The van der Waals surface area contributed by atoms with E-state index in [1.54, 1.807) is 6.07 Å². The normalized spacial score (nSPS) is 13.6. The molecule has 0 fully saturated rings. The van der Waals surface area contributed by atoms with Gasteiger partial charge in [0.1, 0.15) is 4.21 Å². The zero-order valence-electron chi connectivity index (χ0n) is 11.3. The van der Waals surface area contributed by atoms with Gasteiger partial charge in [0.05, 0.1) is 3.79 Å². The van der Waals surface area contributed by atoms with Crippen molar-refractivity contribution < 1.29 is 18.3 Å². The third kappa shape index (κ3) is 5.90. The third-order valence-electron chi connectivity index (χ3n) is 2.64. The van der Waals surface area contributed by atoms with E-state index in [0.717, 1.165) is 15.1 Å². The average Bonchev–Trinajstić information content (AvgIpc) is 2.72. The van der Waals surface area contributed by atoms with Gasteiger partial charge < -0.3 is 5.11 Å². The molecule has 0 aliphatic carbocycles. The molecule has 0 spiro atoms. The molecule has 5 nitrogen and oxygen atoms in total. The van der Waals surface area contributed by atoms with Gasteiger partial charge in [-0.1, -0.05) is 13.8 Å². The second kappa shape index (κ2) is 7.53. The molecule has 20 heavy (non-hydrogen) atoms. The molecular weight excluding hydrogens is 366 g/mol. The van der Waals surface area contributed by atoms with Gasteiger partial charge in [0.15, 0.2) is 0 Å². The first-order valence-electron chi connectivity index (χ1n) is 6.17. The molecule has 114 valence electrons. The lowest BCUT2D eigenvalue weighted by Gasteiger charge is -2.17. The lowest BCUT2D eigenvalue weighted by Crippen LogP contribution is -2.30. The largest absolute Gasteiger partial charge is 0.481 e. The maximum atomic E-state index is 12.1. The van der Waals surface area contributed by atoms with E-state index >= 15 is 0 Å². The van der Waals surface area contributed by atoms with Gasteiger partial charge in [-0.05, 0) is 46.3 Å². The molecule has 1 aromatic heterocycles. The first-order valence-corrected chi connectivity index (χ1v) is 9.26. The van der Waals surface area contributed by atoms with Crippen LogP contribution in [0.1, 0.15) is 26.7 Å². The van der Waals surface area contributed by atoms with E-state index in [1.807, 2.05) is 13.8 Å². The summed E-state index contributed by atoms with van der Waals surface area (Å²) in [6, 6.07) is 3.19. The highest BCUT2D eigenvalue weighted by Gasteiger charge is 2.21. The Hall–Kier alpha value is -0.440. The minimum atomic E-state index is -3.56. The van der Waals surface area contributed by atoms with E-state index in [1.165, 1.54) is 6.07 Å². The number of halogens is 1. The van der Waals surface area contributed by atoms with E-state index in [0.29, 0.717) is 12.3 Å². The molecule has 1 atom stereocenters. The third-order valence-corrected chi connectivity index (χ3v) is 6.18. The zero-order chi connectivity index (χ0) is 15.3. The Balaban J connectivity index is 2.68. The maximum Gasteiger partial charge on any atom is 0.303 e. The fourth-order valence-corrected chi connectivity index (χ4v) is 5.06. The lowest BCUT2D eigenvalue weighted by molar-refractivity contribution is -0.138. The van der Waals surface area contributed by atoms with Gasteiger partial charge in [-0.15, -0.1) is 11.3 Å². The van der Waals surface area contributed by atoms with Crippen LogP contribution < -0.4 is 4.72 Å². The molecule has 1 heterocycles. The van der Waals surface area contributed by atoms with Crippen molar-refractivity contribution in [3.8, 4) is 0 Å². The fourth-order valence-electron chi connectivity index (χ4n) is 1.89. The zero-order valence-corrected chi connectivity index (χ0v) is 14.5. The summed E-state index contributed by atoms with van der Waals surface area (Å²) in [5, 5.41) is 8.87. The van der Waals surface area contributed by atoms with Crippen molar-refractivity contribution in [2.45, 2.75) is 30.9 Å². The van der Waals surface area contributed by atoms with Gasteiger partial charge in [0.2, 0.25) is 10.0 Å². The Kier molecular flexibility index (Phi) is 6.63. The molecule has 8 heteroatoms. The van der Waals surface area contributed by atoms with Crippen molar-refractivity contribution in [2.75, 3.05) is 6.54 Å². The smallest absolute Gasteiger partial charge is 0.303 e. The molecule has 2 N–H and O–H groups in total. The summed E-state index contributed by atoms with van der Waals surface area (Å²) in [5.74, 6) is -0.792. The minimum Gasteiger partial charge on any atom is -0.481 e. The highest BCUT2D eigenvalue weighted by atomic mass is 79.9. The molecule has 0 radical (unpaired) electrons. The summed E-state index contributed by atoms with van der Waals surface area (Å²) in [4.78, 5) is 10.8. The molecule has 1 unspecified atom stereocenters. The molecule has 0 saturated heterocycles. The van der Waals surface area contributed by atoms with E-state index < -0.39 is 16.0 Å². The number of hydrogen-bond acceptors (Lipinski definition) is 4. The summed E-state index contributed by atoms with van der Waals surface area (Å²) >= 11 is 4.34. The maximum absolute atomic E-state index is 12.1. The highest BCUT2D eigenvalue weighted by Crippen LogP contribution is 2.26. The number of thiophene rings is 1. The predicted molar refractivity (Wildman–Crippen MR) is 82.4 cm³/mol. The van der Waals surface area contributed by atoms with Crippen LogP contribution in [0.2, 0.25) is 0 Å². The summed E-state index contributed by atoms with van der Waals surface area (Å²) in [6.45, 7) is 4.11. The van der Waals surface area contributed by atoms with Crippen molar-refractivity contribution in [2.24, 2.45) is 11.8 Å². The predicted octanol–water partition coefficient (Wildman–Crippen LogP) is 2.93. The SMILES string of the molecule is CC(C)CC(CNS(=O)(=O)c1ccc(Br)s1)CC(=O)O. The Bertz CT molecular complexity index is 554. The number of hydrogen-bond donors (Lipinski definition) is 2. The van der Waals surface area contributed by atoms with E-state index in [-0.39, 0.29) is 23.1 Å². The van der Waals surface area contributed by atoms with Crippen LogP contribution in [-0.2, 0) is 14.8 Å². The Morgan fingerprint density at radius 1 is 1.45 bits per heavy atom. The Morgan fingerprint density at radius 2 is 2.10 bits per heavy atom. The molecule has 1 rings (SSSR count). The van der Waals surface area contributed by atoms with E-state index in [4.69, 9.17) is 5.11 Å². The van der Waals surface area contributed by atoms with Crippen LogP contribution >= 0.6 is 27.3 Å². The lowest BCUT2D eigenvalue weighted by atomic mass is 9.94. The van der Waals surface area contributed by atoms with Crippen LogP contribution in [0.4, 0.5) is 0 Å². The second-order valence-corrected chi connectivity index (χ2v) is 9.46. The van der Waals surface area contributed by atoms with Crippen molar-refractivity contribution in [1.82, 2.24) is 4.72 Å². The standard InChI is InChI=1S/C12H18BrNO4S2/c1-8(2)5-9(6-11(15)16)7-14-20(17,18)12-4-3-10(13)19-12/h3-4,8-9,14H,5-7H2,1-2H3,(H,15,16). The van der Waals surface area contributed by atoms with Gasteiger partial charge in [-0.2, -0.15) is 0 Å². The monoisotopic (exact) mass is 383 g/mol. The van der Waals surface area contributed by atoms with Crippen molar-refractivity contribution >= 4 is 43.3 Å². The molecule has 0 aliphatic heterocycles.